The quantitative estimate of drug-likeness (QED) is 0.130. The molecule has 0 fully saturated rings. The molecule has 0 heterocycles. The topological polar surface area (TPSA) is 69.6 Å². The molecule has 1 unspecified atom stereocenters. The number of rotatable bonds is 21. The van der Waals surface area contributed by atoms with Crippen molar-refractivity contribution in [3.8, 4) is 0 Å². The van der Waals surface area contributed by atoms with Crippen molar-refractivity contribution < 1.29 is 14.4 Å². The van der Waals surface area contributed by atoms with E-state index >= 15 is 0 Å². The fourth-order valence-electron chi connectivity index (χ4n) is 4.15. The van der Waals surface area contributed by atoms with Crippen molar-refractivity contribution in [1.82, 2.24) is 5.32 Å². The van der Waals surface area contributed by atoms with E-state index in [4.69, 9.17) is 0 Å². The largest absolute Gasteiger partial charge is 0.346 e. The first-order valence-electron chi connectivity index (χ1n) is 12.9. The Morgan fingerprint density at radius 1 is 0.677 bits per heavy atom. The number of hydrogen-bond donors (Lipinski definition) is 3. The Morgan fingerprint density at radius 2 is 1.06 bits per heavy atom. The van der Waals surface area contributed by atoms with Crippen LogP contribution in [0.15, 0.2) is 30.3 Å². The molecule has 3 N–H and O–H groups in total. The first-order valence-corrected chi connectivity index (χ1v) is 14.6. The van der Waals surface area contributed by atoms with Gasteiger partial charge in [-0.1, -0.05) is 140 Å². The van der Waals surface area contributed by atoms with Gasteiger partial charge < -0.3 is 9.79 Å². The van der Waals surface area contributed by atoms with Crippen molar-refractivity contribution in [1.29, 1.82) is 0 Å². The summed E-state index contributed by atoms with van der Waals surface area (Å²) in [6, 6.07) is 9.03. The Labute approximate surface area is 191 Å². The van der Waals surface area contributed by atoms with E-state index in [1.54, 1.807) is 12.1 Å². The van der Waals surface area contributed by atoms with Gasteiger partial charge in [-0.25, -0.2) is 0 Å². The lowest BCUT2D eigenvalue weighted by atomic mass is 10.0. The van der Waals surface area contributed by atoms with E-state index in [1.807, 2.05) is 18.2 Å². The van der Waals surface area contributed by atoms with Gasteiger partial charge in [0.2, 0.25) is 0 Å². The first kappa shape index (κ1) is 28.4. The molecule has 180 valence electrons. The smallest absolute Gasteiger partial charge is 0.323 e. The predicted octanol–water partition coefficient (Wildman–Crippen LogP) is 8.10. The molecule has 1 aromatic rings. The molecule has 0 saturated carbocycles. The maximum atomic E-state index is 11.8. The number of hydrogen-bond acceptors (Lipinski definition) is 2. The van der Waals surface area contributed by atoms with E-state index in [1.165, 1.54) is 96.3 Å². The molecule has 4 nitrogen and oxygen atoms in total. The minimum absolute atomic E-state index is 0.642. The highest BCUT2D eigenvalue weighted by Gasteiger charge is 2.29. The first-order chi connectivity index (χ1) is 15.1. The van der Waals surface area contributed by atoms with E-state index in [9.17, 15) is 14.4 Å². The van der Waals surface area contributed by atoms with E-state index in [0.717, 1.165) is 12.8 Å². The summed E-state index contributed by atoms with van der Waals surface area (Å²) in [6.45, 7) is 2.92. The Bertz CT molecular complexity index is 561. The summed E-state index contributed by atoms with van der Waals surface area (Å²) < 4.78 is 11.8. The molecule has 1 aromatic carbocycles. The summed E-state index contributed by atoms with van der Waals surface area (Å²) in [5.74, 6) is -0.894. The maximum Gasteiger partial charge on any atom is 0.346 e. The van der Waals surface area contributed by atoms with E-state index < -0.39 is 13.4 Å². The molecule has 0 saturated heterocycles. The fourth-order valence-corrected chi connectivity index (χ4v) is 5.08. The lowest BCUT2D eigenvalue weighted by Crippen LogP contribution is -2.22. The molecule has 31 heavy (non-hydrogen) atoms. The van der Waals surface area contributed by atoms with Crippen LogP contribution in [0.1, 0.15) is 127 Å². The zero-order valence-corrected chi connectivity index (χ0v) is 20.8. The van der Waals surface area contributed by atoms with Gasteiger partial charge in [0.15, 0.2) is 0 Å². The zero-order chi connectivity index (χ0) is 22.6. The average Bonchev–Trinajstić information content (AvgIpc) is 2.75. The molecule has 0 aliphatic rings. The van der Waals surface area contributed by atoms with Crippen molar-refractivity contribution in [3.63, 3.8) is 0 Å². The summed E-state index contributed by atoms with van der Waals surface area (Å²) in [5.41, 5.74) is 0.655. The summed E-state index contributed by atoms with van der Waals surface area (Å²) >= 11 is 0. The third-order valence-electron chi connectivity index (χ3n) is 6.07. The molecule has 0 spiro atoms. The molecule has 0 aliphatic heterocycles. The van der Waals surface area contributed by atoms with Gasteiger partial charge in [-0.3, -0.25) is 9.88 Å². The van der Waals surface area contributed by atoms with Crippen LogP contribution < -0.4 is 5.32 Å². The highest BCUT2D eigenvalue weighted by molar-refractivity contribution is 7.52. The molecule has 1 atom stereocenters. The summed E-state index contributed by atoms with van der Waals surface area (Å²) in [5, 5.41) is 3.07. The van der Waals surface area contributed by atoms with Crippen LogP contribution in [-0.4, -0.2) is 16.3 Å². The second-order valence-electron chi connectivity index (χ2n) is 9.01. The number of benzene rings is 1. The summed E-state index contributed by atoms with van der Waals surface area (Å²) in [7, 11) is -4.20. The highest BCUT2D eigenvalue weighted by Crippen LogP contribution is 2.49. The third-order valence-corrected chi connectivity index (χ3v) is 7.22. The molecular weight excluding hydrogens is 405 g/mol. The molecule has 0 bridgehead atoms. The highest BCUT2D eigenvalue weighted by atomic mass is 31.2. The third kappa shape index (κ3) is 15.7. The van der Waals surface area contributed by atoms with E-state index in [-0.39, 0.29) is 0 Å². The predicted molar refractivity (Wildman–Crippen MR) is 133 cm³/mol. The van der Waals surface area contributed by atoms with Gasteiger partial charge >= 0.3 is 7.60 Å². The van der Waals surface area contributed by atoms with Crippen LogP contribution in [0.25, 0.3) is 0 Å². The number of unbranched alkanes of at least 4 members (excludes halogenated alkanes) is 16. The lowest BCUT2D eigenvalue weighted by Gasteiger charge is -2.20. The molecular formula is C26H48NO3P. The molecule has 1 rings (SSSR count). The van der Waals surface area contributed by atoms with Gasteiger partial charge in [-0.2, -0.15) is 0 Å². The standard InChI is InChI=1S/C26H48NO3P/c1-2-3-4-5-6-7-8-9-10-11-12-13-14-15-16-17-21-24-27-26(31(28,29)30)25-22-19-18-20-23-25/h18-20,22-23,26-27H,2-17,21,24H2,1H3,(H2,28,29,30). The van der Waals surface area contributed by atoms with Gasteiger partial charge in [0.05, 0.1) is 0 Å². The lowest BCUT2D eigenvalue weighted by molar-refractivity contribution is 0.347. The van der Waals surface area contributed by atoms with Crippen LogP contribution in [0.3, 0.4) is 0 Å². The Hall–Kier alpha value is -0.670. The minimum atomic E-state index is -4.20. The zero-order valence-electron chi connectivity index (χ0n) is 19.9. The normalized spacial score (nSPS) is 12.9. The van der Waals surface area contributed by atoms with Crippen LogP contribution in [0.4, 0.5) is 0 Å². The number of nitrogens with one attached hydrogen (secondary N) is 1. The van der Waals surface area contributed by atoms with Gasteiger partial charge in [-0.05, 0) is 18.5 Å². The van der Waals surface area contributed by atoms with Gasteiger partial charge in [0.25, 0.3) is 0 Å². The summed E-state index contributed by atoms with van der Waals surface area (Å²) in [6.07, 6.45) is 22.7. The Morgan fingerprint density at radius 3 is 1.45 bits per heavy atom. The Kier molecular flexibility index (Phi) is 17.3. The molecule has 0 radical (unpaired) electrons. The van der Waals surface area contributed by atoms with Gasteiger partial charge in [-0.15, -0.1) is 0 Å². The maximum absolute atomic E-state index is 11.8. The van der Waals surface area contributed by atoms with Crippen LogP contribution >= 0.6 is 7.60 Å². The second-order valence-corrected chi connectivity index (χ2v) is 10.7. The van der Waals surface area contributed by atoms with Crippen molar-refractivity contribution in [2.75, 3.05) is 6.54 Å². The van der Waals surface area contributed by atoms with Crippen molar-refractivity contribution in [2.45, 2.75) is 122 Å². The van der Waals surface area contributed by atoms with Crippen LogP contribution in [-0.2, 0) is 4.57 Å². The second kappa shape index (κ2) is 18.9. The molecule has 0 amide bonds. The van der Waals surface area contributed by atoms with Crippen molar-refractivity contribution >= 4 is 7.60 Å². The van der Waals surface area contributed by atoms with Crippen molar-refractivity contribution in [3.05, 3.63) is 35.9 Å². The van der Waals surface area contributed by atoms with Crippen LogP contribution in [0, 0.1) is 0 Å². The molecule has 5 heteroatoms. The minimum Gasteiger partial charge on any atom is -0.323 e. The average molecular weight is 454 g/mol. The van der Waals surface area contributed by atoms with Gasteiger partial charge in [0.1, 0.15) is 5.78 Å². The summed E-state index contributed by atoms with van der Waals surface area (Å²) in [4.78, 5) is 19.2. The molecule has 0 aromatic heterocycles. The van der Waals surface area contributed by atoms with E-state index in [2.05, 4.69) is 12.2 Å². The SMILES string of the molecule is CCCCCCCCCCCCCCCCCCCNC(c1ccccc1)P(=O)(O)O. The van der Waals surface area contributed by atoms with Crippen LogP contribution in [0.2, 0.25) is 0 Å². The van der Waals surface area contributed by atoms with E-state index in [0.29, 0.717) is 12.1 Å². The monoisotopic (exact) mass is 453 g/mol. The Balaban J connectivity index is 1.89. The van der Waals surface area contributed by atoms with Crippen LogP contribution in [0.5, 0.6) is 0 Å². The van der Waals surface area contributed by atoms with Crippen molar-refractivity contribution in [2.24, 2.45) is 0 Å². The fraction of sp³-hybridized carbons (Fsp3) is 0.769. The van der Waals surface area contributed by atoms with Gasteiger partial charge in [0, 0.05) is 0 Å². The molecule has 0 aliphatic carbocycles.